The fourth-order valence-corrected chi connectivity index (χ4v) is 3.57. The topological polar surface area (TPSA) is 85.4 Å². The maximum absolute atomic E-state index is 15.0. The number of rotatable bonds is 8. The molecule has 28 heavy (non-hydrogen) atoms. The minimum absolute atomic E-state index is 0.0136. The molecule has 1 heterocycles. The normalized spacial score (nSPS) is 10.7. The summed E-state index contributed by atoms with van der Waals surface area (Å²) in [6, 6.07) is 6.52. The van der Waals surface area contributed by atoms with Crippen LogP contribution in [0.3, 0.4) is 0 Å². The quantitative estimate of drug-likeness (QED) is 0.269. The number of carbonyl (C=O) groups is 1. The van der Waals surface area contributed by atoms with Crippen molar-refractivity contribution in [3.8, 4) is 0 Å². The van der Waals surface area contributed by atoms with Crippen LogP contribution >= 0.6 is 39.1 Å². The van der Waals surface area contributed by atoms with Crippen LogP contribution in [0, 0.1) is 5.82 Å². The number of hydroxylamine groups is 1. The van der Waals surface area contributed by atoms with E-state index in [4.69, 9.17) is 21.2 Å². The molecule has 0 saturated carbocycles. The Morgan fingerprint density at radius 2 is 2.21 bits per heavy atom. The number of halogens is 3. The van der Waals surface area contributed by atoms with Crippen LogP contribution in [0.4, 0.5) is 15.8 Å². The van der Waals surface area contributed by atoms with E-state index >= 15 is 4.39 Å². The third-order valence-electron chi connectivity index (χ3n) is 3.51. The second-order valence-corrected chi connectivity index (χ2v) is 7.41. The largest absolute Gasteiger partial charge is 0.499 e. The van der Waals surface area contributed by atoms with Crippen LogP contribution in [0.25, 0.3) is 10.2 Å². The van der Waals surface area contributed by atoms with Gasteiger partial charge < -0.3 is 10.1 Å². The summed E-state index contributed by atoms with van der Waals surface area (Å²) in [6.45, 7) is 3.69. The van der Waals surface area contributed by atoms with Crippen LogP contribution < -0.4 is 10.8 Å². The summed E-state index contributed by atoms with van der Waals surface area (Å²) in [5, 5.41) is 6.98. The van der Waals surface area contributed by atoms with Gasteiger partial charge in [0.1, 0.15) is 18.7 Å². The predicted octanol–water partition coefficient (Wildman–Crippen LogP) is 4.81. The van der Waals surface area contributed by atoms with E-state index in [1.165, 1.54) is 12.3 Å². The van der Waals surface area contributed by atoms with Crippen molar-refractivity contribution in [2.75, 3.05) is 18.5 Å². The molecule has 0 spiro atoms. The van der Waals surface area contributed by atoms with Gasteiger partial charge in [0.25, 0.3) is 5.91 Å². The standard InChI is InChI=1S/C17H13BrClFN4O3S/c1-2-26-5-6-27-23-17(25)10-8-13-16(22-24-28-13)14(20)15(10)21-12-4-3-9(18)7-11(12)19/h2-4,7-8,21H,1,5-6H2,(H,23,25). The first kappa shape index (κ1) is 20.5. The number of nitrogens with one attached hydrogen (secondary N) is 2. The summed E-state index contributed by atoms with van der Waals surface area (Å²) in [7, 11) is 0. The van der Waals surface area contributed by atoms with Crippen molar-refractivity contribution in [3.63, 3.8) is 0 Å². The molecule has 0 aliphatic carbocycles. The fraction of sp³-hybridized carbons (Fsp3) is 0.118. The first-order valence-corrected chi connectivity index (χ1v) is 9.77. The van der Waals surface area contributed by atoms with Crippen molar-refractivity contribution < 1.29 is 18.8 Å². The van der Waals surface area contributed by atoms with Crippen LogP contribution in [0.15, 0.2) is 41.6 Å². The molecule has 0 saturated heterocycles. The number of nitrogens with zero attached hydrogens (tertiary/aromatic N) is 2. The van der Waals surface area contributed by atoms with E-state index in [2.05, 4.69) is 42.9 Å². The molecule has 3 aromatic rings. The van der Waals surface area contributed by atoms with Gasteiger partial charge >= 0.3 is 0 Å². The van der Waals surface area contributed by atoms with E-state index in [-0.39, 0.29) is 30.0 Å². The van der Waals surface area contributed by atoms with Gasteiger partial charge in [-0.15, -0.1) is 5.10 Å². The Balaban J connectivity index is 1.92. The zero-order valence-electron chi connectivity index (χ0n) is 14.2. The first-order valence-electron chi connectivity index (χ1n) is 7.82. The van der Waals surface area contributed by atoms with E-state index in [1.807, 2.05) is 0 Å². The van der Waals surface area contributed by atoms with Crippen LogP contribution in [0.2, 0.25) is 5.02 Å². The number of hydrogen-bond acceptors (Lipinski definition) is 7. The minimum Gasteiger partial charge on any atom is -0.499 e. The lowest BCUT2D eigenvalue weighted by Crippen LogP contribution is -2.26. The molecular weight excluding hydrogens is 475 g/mol. The lowest BCUT2D eigenvalue weighted by Gasteiger charge is -2.14. The molecule has 146 valence electrons. The summed E-state index contributed by atoms with van der Waals surface area (Å²) in [5.41, 5.74) is 2.65. The third-order valence-corrected chi connectivity index (χ3v) is 4.98. The van der Waals surface area contributed by atoms with E-state index in [1.54, 1.807) is 18.2 Å². The molecular formula is C17H13BrClFN4O3S. The second-order valence-electron chi connectivity index (χ2n) is 5.30. The van der Waals surface area contributed by atoms with Crippen molar-refractivity contribution in [1.82, 2.24) is 15.1 Å². The van der Waals surface area contributed by atoms with Crippen molar-refractivity contribution >= 4 is 66.6 Å². The zero-order chi connectivity index (χ0) is 20.1. The Bertz CT molecular complexity index is 1030. The highest BCUT2D eigenvalue weighted by Gasteiger charge is 2.22. The lowest BCUT2D eigenvalue weighted by molar-refractivity contribution is 0.0145. The number of benzene rings is 2. The van der Waals surface area contributed by atoms with E-state index in [9.17, 15) is 4.79 Å². The van der Waals surface area contributed by atoms with Crippen LogP contribution in [0.5, 0.6) is 0 Å². The monoisotopic (exact) mass is 486 g/mol. The molecule has 1 aromatic heterocycles. The Hall–Kier alpha value is -2.27. The molecule has 0 aliphatic heterocycles. The summed E-state index contributed by atoms with van der Waals surface area (Å²) < 4.78 is 24.9. The average Bonchev–Trinajstić information content (AvgIpc) is 3.14. The van der Waals surface area contributed by atoms with Crippen LogP contribution in [0.1, 0.15) is 10.4 Å². The van der Waals surface area contributed by atoms with E-state index < -0.39 is 11.7 Å². The molecule has 0 bridgehead atoms. The van der Waals surface area contributed by atoms with Gasteiger partial charge in [-0.05, 0) is 35.8 Å². The molecule has 2 N–H and O–H groups in total. The molecule has 0 radical (unpaired) electrons. The van der Waals surface area contributed by atoms with Gasteiger partial charge in [-0.3, -0.25) is 9.63 Å². The summed E-state index contributed by atoms with van der Waals surface area (Å²) in [5.74, 6) is -1.37. The highest BCUT2D eigenvalue weighted by molar-refractivity contribution is 9.10. The van der Waals surface area contributed by atoms with E-state index in [0.29, 0.717) is 15.4 Å². The fourth-order valence-electron chi connectivity index (χ4n) is 2.26. The van der Waals surface area contributed by atoms with Crippen molar-refractivity contribution in [3.05, 3.63) is 58.0 Å². The molecule has 1 amide bonds. The van der Waals surface area contributed by atoms with Gasteiger partial charge in [-0.2, -0.15) is 0 Å². The molecule has 0 aliphatic rings. The second kappa shape index (κ2) is 9.28. The summed E-state index contributed by atoms with van der Waals surface area (Å²) in [6.07, 6.45) is 1.26. The highest BCUT2D eigenvalue weighted by atomic mass is 79.9. The summed E-state index contributed by atoms with van der Waals surface area (Å²) >= 11 is 10.5. The molecule has 2 aromatic carbocycles. The van der Waals surface area contributed by atoms with Crippen molar-refractivity contribution in [1.29, 1.82) is 0 Å². The van der Waals surface area contributed by atoms with Gasteiger partial charge in [0.15, 0.2) is 5.82 Å². The van der Waals surface area contributed by atoms with Gasteiger partial charge in [0.05, 0.1) is 32.9 Å². The maximum Gasteiger partial charge on any atom is 0.277 e. The number of anilines is 2. The molecule has 0 unspecified atom stereocenters. The van der Waals surface area contributed by atoms with Gasteiger partial charge in [-0.25, -0.2) is 9.87 Å². The van der Waals surface area contributed by atoms with Gasteiger partial charge in [0, 0.05) is 4.47 Å². The minimum atomic E-state index is -0.717. The number of fused-ring (bicyclic) bond motifs is 1. The Morgan fingerprint density at radius 3 is 2.96 bits per heavy atom. The van der Waals surface area contributed by atoms with Crippen LogP contribution in [-0.2, 0) is 9.57 Å². The molecule has 11 heteroatoms. The maximum atomic E-state index is 15.0. The third kappa shape index (κ3) is 4.58. The Morgan fingerprint density at radius 1 is 1.39 bits per heavy atom. The SMILES string of the molecule is C=COCCONC(=O)c1cc2snnc2c(F)c1Nc1ccc(Br)cc1Cl. The Kier molecular flexibility index (Phi) is 6.79. The smallest absolute Gasteiger partial charge is 0.277 e. The zero-order valence-corrected chi connectivity index (χ0v) is 17.3. The molecule has 0 fully saturated rings. The van der Waals surface area contributed by atoms with Crippen LogP contribution in [-0.4, -0.2) is 28.7 Å². The first-order chi connectivity index (χ1) is 13.5. The number of carbonyl (C=O) groups excluding carboxylic acids is 1. The van der Waals surface area contributed by atoms with Gasteiger partial charge in [-0.1, -0.05) is 38.6 Å². The highest BCUT2D eigenvalue weighted by Crippen LogP contribution is 2.34. The number of amides is 1. The van der Waals surface area contributed by atoms with Crippen molar-refractivity contribution in [2.45, 2.75) is 0 Å². The number of hydrogen-bond donors (Lipinski definition) is 2. The molecule has 3 rings (SSSR count). The predicted molar refractivity (Wildman–Crippen MR) is 109 cm³/mol. The lowest BCUT2D eigenvalue weighted by atomic mass is 10.1. The van der Waals surface area contributed by atoms with Gasteiger partial charge in [0.2, 0.25) is 0 Å². The molecule has 0 atom stereocenters. The number of ether oxygens (including phenoxy) is 1. The molecule has 7 nitrogen and oxygen atoms in total. The number of aromatic nitrogens is 2. The van der Waals surface area contributed by atoms with Crippen molar-refractivity contribution in [2.24, 2.45) is 0 Å². The summed E-state index contributed by atoms with van der Waals surface area (Å²) in [4.78, 5) is 17.6. The average molecular weight is 488 g/mol. The Labute approximate surface area is 176 Å². The van der Waals surface area contributed by atoms with E-state index in [0.717, 1.165) is 16.0 Å².